The number of benzene rings is 8. The molecule has 266 valence electrons. The lowest BCUT2D eigenvalue weighted by Crippen LogP contribution is -1.92. The fourth-order valence-corrected chi connectivity index (χ4v) is 6.55. The molecule has 0 radical (unpaired) electrons. The minimum atomic E-state index is -1.02. The van der Waals surface area contributed by atoms with Crippen LogP contribution in [0.3, 0.4) is 0 Å². The van der Waals surface area contributed by atoms with Crippen molar-refractivity contribution in [2.75, 3.05) is 0 Å². The zero-order chi connectivity index (χ0) is 64.4. The van der Waals surface area contributed by atoms with Crippen LogP contribution in [-0.2, 0) is 0 Å². The second-order valence-electron chi connectivity index (χ2n) is 12.2. The molecule has 5 heteroatoms. The van der Waals surface area contributed by atoms with Crippen molar-refractivity contribution in [1.82, 2.24) is 14.5 Å². The maximum absolute atomic E-state index is 9.90. The highest BCUT2D eigenvalue weighted by Crippen LogP contribution is 2.42. The average molecular weight is 761 g/mol. The molecule has 0 bridgehead atoms. The molecular formula is C52H31N3O2. The van der Waals surface area contributed by atoms with Crippen molar-refractivity contribution in [2.45, 2.75) is 0 Å². The van der Waals surface area contributed by atoms with Gasteiger partial charge in [-0.15, -0.1) is 0 Å². The van der Waals surface area contributed by atoms with Crippen LogP contribution >= 0.6 is 0 Å². The highest BCUT2D eigenvalue weighted by atomic mass is 16.3. The number of hydrogen-bond acceptors (Lipinski definition) is 4. The fourth-order valence-electron chi connectivity index (χ4n) is 6.55. The maximum Gasteiger partial charge on any atom is 0.180 e. The number of rotatable bonds is 5. The fraction of sp³-hybridized carbons (Fsp3) is 0. The normalized spacial score (nSPS) is 19.5. The first-order chi connectivity index (χ1) is 41.2. The maximum atomic E-state index is 9.90. The van der Waals surface area contributed by atoms with Gasteiger partial charge < -0.3 is 13.4 Å². The van der Waals surface area contributed by atoms with E-state index in [4.69, 9.17) is 39.0 Å². The Bertz CT molecular complexity index is 5270. The molecular weight excluding hydrogens is 699 g/mol. The quantitative estimate of drug-likeness (QED) is 0.175. The van der Waals surface area contributed by atoms with Crippen molar-refractivity contribution < 1.29 is 51.3 Å². The molecule has 0 aliphatic rings. The Morgan fingerprint density at radius 1 is 0.421 bits per heavy atom. The second kappa shape index (κ2) is 12.4. The predicted octanol–water partition coefficient (Wildman–Crippen LogP) is 14.0. The summed E-state index contributed by atoms with van der Waals surface area (Å²) in [5, 5.41) is -2.77. The first kappa shape index (κ1) is 13.8. The lowest BCUT2D eigenvalue weighted by atomic mass is 9.98. The van der Waals surface area contributed by atoms with Crippen molar-refractivity contribution in [2.24, 2.45) is 0 Å². The highest BCUT2D eigenvalue weighted by Gasteiger charge is 2.21. The van der Waals surface area contributed by atoms with Crippen molar-refractivity contribution in [3.63, 3.8) is 0 Å². The standard InChI is InChI=1S/C52H31N3O2/c1-3-10-32(11-4-1)33-18-20-34(21-19-33)35-23-27-47-43(30-35)51-52(57-47)50(53-31-54-51)40-15-9-17-48-49(40)42-29-37(24-26-46(42)56-48)36-22-25-45-41(28-36)39-14-7-8-16-44(39)55(45)38-12-5-2-6-13-38/h1-31H/i1D,2D,3D,4D,5D,6D,7D,8D,9D,10D,11D,12D,13D,14D,15D,16D,17D,18D,19D,20D,21D,22D,23D,24D,25D,26D,27D,28D,29D,30D,31D. The molecule has 0 atom stereocenters. The van der Waals surface area contributed by atoms with Crippen LogP contribution in [0.4, 0.5) is 0 Å². The molecule has 0 unspecified atom stereocenters. The number of para-hydroxylation sites is 2. The van der Waals surface area contributed by atoms with E-state index in [0.29, 0.717) is 0 Å². The van der Waals surface area contributed by atoms with Gasteiger partial charge >= 0.3 is 0 Å². The molecule has 8 aromatic carbocycles. The summed E-state index contributed by atoms with van der Waals surface area (Å²) in [4.78, 5) is 8.36. The molecule has 0 aliphatic carbocycles. The van der Waals surface area contributed by atoms with Gasteiger partial charge in [0.05, 0.1) is 52.2 Å². The summed E-state index contributed by atoms with van der Waals surface area (Å²) in [5.74, 6) is 0. The number of furan rings is 2. The third-order valence-electron chi connectivity index (χ3n) is 9.03. The van der Waals surface area contributed by atoms with Crippen LogP contribution in [0, 0.1) is 0 Å². The Balaban J connectivity index is 1.16. The molecule has 12 rings (SSSR count). The van der Waals surface area contributed by atoms with Crippen LogP contribution in [0.5, 0.6) is 0 Å². The van der Waals surface area contributed by atoms with E-state index in [0.717, 1.165) is 4.57 Å². The number of hydrogen-bond donors (Lipinski definition) is 0. The van der Waals surface area contributed by atoms with Gasteiger partial charge in [-0.1, -0.05) is 121 Å². The Labute approximate surface area is 370 Å². The summed E-state index contributed by atoms with van der Waals surface area (Å²) in [5.41, 5.74) is -10.8. The Kier molecular flexibility index (Phi) is 2.99. The first-order valence-corrected chi connectivity index (χ1v) is 16.6. The molecule has 0 saturated carbocycles. The Hall–Kier alpha value is -7.76. The van der Waals surface area contributed by atoms with E-state index in [1.165, 1.54) is 0 Å². The molecule has 5 nitrogen and oxygen atoms in total. The lowest BCUT2D eigenvalue weighted by molar-refractivity contribution is 0.667. The van der Waals surface area contributed by atoms with Gasteiger partial charge in [0.2, 0.25) is 0 Å². The predicted molar refractivity (Wildman–Crippen MR) is 233 cm³/mol. The number of nitrogens with zero attached hydrogens (tertiary/aromatic N) is 3. The zero-order valence-corrected chi connectivity index (χ0v) is 28.2. The van der Waals surface area contributed by atoms with Crippen molar-refractivity contribution in [3.8, 4) is 50.3 Å². The van der Waals surface area contributed by atoms with E-state index in [1.807, 2.05) is 0 Å². The van der Waals surface area contributed by atoms with Crippen LogP contribution in [0.25, 0.3) is 116 Å². The minimum absolute atomic E-state index is 0.515. The van der Waals surface area contributed by atoms with Crippen molar-refractivity contribution >= 4 is 65.8 Å². The van der Waals surface area contributed by atoms with E-state index >= 15 is 0 Å². The topological polar surface area (TPSA) is 57.0 Å². The summed E-state index contributed by atoms with van der Waals surface area (Å²) in [6.45, 7) is 0. The smallest absolute Gasteiger partial charge is 0.180 e. The molecule has 0 saturated heterocycles. The van der Waals surface area contributed by atoms with Gasteiger partial charge in [-0.3, -0.25) is 0 Å². The largest absolute Gasteiger partial charge is 0.456 e. The SMILES string of the molecule is [2H]c1nc(-c2c([2H])c([2H])c([2H])c3oc4c([2H])c([2H])c(-c5c([2H])c([2H])c6c(c5[2H])c5c([2H])c([2H])c([2H])c([2H])c5n6-c5c([2H])c([2H])c([2H])c([2H])c5[2H])c([2H])c4c23)c2oc3c([2H])c([2H])c(-c4c([2H])c([2H])c(-c5c([2H])c([2H])c([2H])c([2H])c5[2H])c([2H])c4[2H])c([2H])c3c2n1. The van der Waals surface area contributed by atoms with Crippen LogP contribution in [-0.4, -0.2) is 14.5 Å². The van der Waals surface area contributed by atoms with Gasteiger partial charge in [-0.2, -0.15) is 0 Å². The van der Waals surface area contributed by atoms with E-state index in [2.05, 4.69) is 9.97 Å². The van der Waals surface area contributed by atoms with Crippen LogP contribution < -0.4 is 0 Å². The molecule has 0 amide bonds. The molecule has 0 N–H and O–H groups in total. The monoisotopic (exact) mass is 760 g/mol. The van der Waals surface area contributed by atoms with Gasteiger partial charge in [-0.25, -0.2) is 9.97 Å². The van der Waals surface area contributed by atoms with Crippen LogP contribution in [0.1, 0.15) is 42.5 Å². The molecule has 4 aromatic heterocycles. The minimum Gasteiger partial charge on any atom is -0.456 e. The van der Waals surface area contributed by atoms with Crippen molar-refractivity contribution in [1.29, 1.82) is 0 Å². The number of aromatic nitrogens is 3. The molecule has 0 spiro atoms. The van der Waals surface area contributed by atoms with Gasteiger partial charge in [0.25, 0.3) is 0 Å². The Morgan fingerprint density at radius 3 is 1.82 bits per heavy atom. The molecule has 4 heterocycles. The average Bonchev–Trinajstić information content (AvgIpc) is 1.50. The van der Waals surface area contributed by atoms with Crippen molar-refractivity contribution in [3.05, 3.63) is 188 Å². The van der Waals surface area contributed by atoms with Gasteiger partial charge in [-0.05, 0) is 93.8 Å². The highest BCUT2D eigenvalue weighted by molar-refractivity contribution is 6.17. The summed E-state index contributed by atoms with van der Waals surface area (Å²) in [7, 11) is 0. The number of fused-ring (bicyclic) bond motifs is 9. The van der Waals surface area contributed by atoms with Gasteiger partial charge in [0.1, 0.15) is 35.6 Å². The lowest BCUT2D eigenvalue weighted by Gasteiger charge is -2.08. The summed E-state index contributed by atoms with van der Waals surface area (Å²) >= 11 is 0. The van der Waals surface area contributed by atoms with E-state index in [-0.39, 0.29) is 0 Å². The second-order valence-corrected chi connectivity index (χ2v) is 12.2. The first-order valence-electron chi connectivity index (χ1n) is 32.1. The zero-order valence-electron chi connectivity index (χ0n) is 59.2. The molecule has 0 fully saturated rings. The van der Waals surface area contributed by atoms with Crippen LogP contribution in [0.2, 0.25) is 0 Å². The third kappa shape index (κ3) is 4.96. The van der Waals surface area contributed by atoms with Gasteiger partial charge in [0, 0.05) is 38.2 Å². The molecule has 57 heavy (non-hydrogen) atoms. The molecule has 12 aromatic rings. The summed E-state index contributed by atoms with van der Waals surface area (Å²) in [6.07, 6.45) is -0.933. The van der Waals surface area contributed by atoms with Gasteiger partial charge in [0.15, 0.2) is 5.58 Å². The molecule has 0 aliphatic heterocycles. The van der Waals surface area contributed by atoms with Crippen LogP contribution in [0.15, 0.2) is 196 Å². The summed E-state index contributed by atoms with van der Waals surface area (Å²) < 4.78 is 290. The Morgan fingerprint density at radius 2 is 1.02 bits per heavy atom. The summed E-state index contributed by atoms with van der Waals surface area (Å²) in [6, 6.07) is -27.0. The van der Waals surface area contributed by atoms with E-state index < -0.39 is 304 Å². The van der Waals surface area contributed by atoms with E-state index in [1.54, 1.807) is 0 Å². The third-order valence-corrected chi connectivity index (χ3v) is 9.03. The van der Waals surface area contributed by atoms with E-state index in [9.17, 15) is 12.3 Å².